The van der Waals surface area contributed by atoms with Crippen LogP contribution in [-0.4, -0.2) is 11.1 Å². The first-order valence-corrected chi connectivity index (χ1v) is 6.31. The van der Waals surface area contributed by atoms with Crippen LogP contribution in [0, 0.1) is 11.3 Å². The van der Waals surface area contributed by atoms with Gasteiger partial charge < -0.3 is 15.6 Å². The monoisotopic (exact) mass is 282 g/mol. The molecule has 5 heteroatoms. The molecule has 0 saturated heterocycles. The van der Waals surface area contributed by atoms with Crippen LogP contribution >= 0.6 is 0 Å². The zero-order valence-corrected chi connectivity index (χ0v) is 11.2. The Labute approximate surface area is 122 Å². The second-order valence-corrected chi connectivity index (χ2v) is 4.45. The van der Waals surface area contributed by atoms with E-state index >= 15 is 0 Å². The minimum Gasteiger partial charge on any atom is -0.489 e. The predicted molar refractivity (Wildman–Crippen MR) is 77.9 cm³/mol. The van der Waals surface area contributed by atoms with Crippen LogP contribution in [0.3, 0.4) is 0 Å². The minimum atomic E-state index is -1.07. The van der Waals surface area contributed by atoms with E-state index in [9.17, 15) is 9.90 Å². The Kier molecular flexibility index (Phi) is 4.42. The highest BCUT2D eigenvalue weighted by molar-refractivity contribution is 5.95. The Hall–Kier alpha value is -3.00. The largest absolute Gasteiger partial charge is 0.489 e. The zero-order valence-electron chi connectivity index (χ0n) is 11.2. The SMILES string of the molecule is N#CCc1ccc(OCc2cccc(N)c2C(=O)O)cc1. The fourth-order valence-corrected chi connectivity index (χ4v) is 1.96. The maximum atomic E-state index is 11.2. The van der Waals surface area contributed by atoms with Crippen molar-refractivity contribution >= 4 is 11.7 Å². The third-order valence-electron chi connectivity index (χ3n) is 3.00. The van der Waals surface area contributed by atoms with Crippen LogP contribution in [0.2, 0.25) is 0 Å². The molecular formula is C16H14N2O3. The van der Waals surface area contributed by atoms with Gasteiger partial charge in [0.2, 0.25) is 0 Å². The first kappa shape index (κ1) is 14.4. The summed E-state index contributed by atoms with van der Waals surface area (Å²) in [6.07, 6.45) is 0.346. The maximum Gasteiger partial charge on any atom is 0.338 e. The van der Waals surface area contributed by atoms with Crippen molar-refractivity contribution < 1.29 is 14.6 Å². The number of hydrogen-bond acceptors (Lipinski definition) is 4. The van der Waals surface area contributed by atoms with Crippen molar-refractivity contribution in [3.63, 3.8) is 0 Å². The van der Waals surface area contributed by atoms with Crippen LogP contribution in [0.4, 0.5) is 5.69 Å². The molecule has 0 unspecified atom stereocenters. The summed E-state index contributed by atoms with van der Waals surface area (Å²) in [6.45, 7) is 0.115. The first-order chi connectivity index (χ1) is 10.1. The van der Waals surface area contributed by atoms with Gasteiger partial charge in [-0.3, -0.25) is 0 Å². The smallest absolute Gasteiger partial charge is 0.338 e. The van der Waals surface area contributed by atoms with Gasteiger partial charge in [-0.2, -0.15) is 5.26 Å². The van der Waals surface area contributed by atoms with E-state index in [0.717, 1.165) is 5.56 Å². The molecule has 0 amide bonds. The van der Waals surface area contributed by atoms with E-state index in [4.69, 9.17) is 15.7 Å². The van der Waals surface area contributed by atoms with Crippen molar-refractivity contribution in [1.82, 2.24) is 0 Å². The normalized spacial score (nSPS) is 9.86. The van der Waals surface area contributed by atoms with Crippen molar-refractivity contribution in [3.05, 3.63) is 59.2 Å². The van der Waals surface area contributed by atoms with Gasteiger partial charge in [-0.15, -0.1) is 0 Å². The van der Waals surface area contributed by atoms with Gasteiger partial charge in [-0.25, -0.2) is 4.79 Å². The number of carboxylic acid groups (broad SMARTS) is 1. The molecule has 0 atom stereocenters. The van der Waals surface area contributed by atoms with Gasteiger partial charge >= 0.3 is 5.97 Å². The van der Waals surface area contributed by atoms with E-state index in [-0.39, 0.29) is 17.9 Å². The van der Waals surface area contributed by atoms with E-state index < -0.39 is 5.97 Å². The number of nitrogens with two attached hydrogens (primary N) is 1. The fraction of sp³-hybridized carbons (Fsp3) is 0.125. The number of carbonyl (C=O) groups is 1. The van der Waals surface area contributed by atoms with E-state index in [2.05, 4.69) is 6.07 Å². The lowest BCUT2D eigenvalue weighted by molar-refractivity contribution is 0.0695. The van der Waals surface area contributed by atoms with Crippen LogP contribution in [0.5, 0.6) is 5.75 Å². The molecule has 0 aliphatic carbocycles. The number of nitrogen functional groups attached to an aromatic ring is 1. The molecule has 0 aromatic heterocycles. The van der Waals surface area contributed by atoms with Crippen LogP contribution < -0.4 is 10.5 Å². The number of nitrogens with zero attached hydrogens (tertiary/aromatic N) is 1. The molecular weight excluding hydrogens is 268 g/mol. The Bertz CT molecular complexity index is 688. The van der Waals surface area contributed by atoms with Crippen molar-refractivity contribution in [2.75, 3.05) is 5.73 Å². The summed E-state index contributed by atoms with van der Waals surface area (Å²) < 4.78 is 5.57. The average Bonchev–Trinajstić information content (AvgIpc) is 2.46. The van der Waals surface area contributed by atoms with Crippen molar-refractivity contribution in [2.45, 2.75) is 13.0 Å². The van der Waals surface area contributed by atoms with Gasteiger partial charge in [0, 0.05) is 11.3 Å². The molecule has 0 bridgehead atoms. The van der Waals surface area contributed by atoms with E-state index in [0.29, 0.717) is 17.7 Å². The van der Waals surface area contributed by atoms with E-state index in [1.807, 2.05) is 0 Å². The quantitative estimate of drug-likeness (QED) is 0.822. The lowest BCUT2D eigenvalue weighted by Crippen LogP contribution is -2.09. The van der Waals surface area contributed by atoms with Crippen LogP contribution in [0.25, 0.3) is 0 Å². The summed E-state index contributed by atoms with van der Waals surface area (Å²) >= 11 is 0. The lowest BCUT2D eigenvalue weighted by Gasteiger charge is -2.10. The Morgan fingerprint density at radius 2 is 1.95 bits per heavy atom. The molecule has 106 valence electrons. The third kappa shape index (κ3) is 3.51. The molecule has 2 aromatic carbocycles. The first-order valence-electron chi connectivity index (χ1n) is 6.31. The number of hydrogen-bond donors (Lipinski definition) is 2. The molecule has 2 rings (SSSR count). The highest BCUT2D eigenvalue weighted by Gasteiger charge is 2.13. The van der Waals surface area contributed by atoms with E-state index in [1.54, 1.807) is 42.5 Å². The molecule has 2 aromatic rings. The van der Waals surface area contributed by atoms with Gasteiger partial charge in [0.05, 0.1) is 18.1 Å². The minimum absolute atomic E-state index is 0.0681. The highest BCUT2D eigenvalue weighted by atomic mass is 16.5. The highest BCUT2D eigenvalue weighted by Crippen LogP contribution is 2.20. The fourth-order valence-electron chi connectivity index (χ4n) is 1.96. The molecule has 3 N–H and O–H groups in total. The van der Waals surface area contributed by atoms with Crippen LogP contribution in [0.15, 0.2) is 42.5 Å². The van der Waals surface area contributed by atoms with Gasteiger partial charge in [-0.05, 0) is 23.8 Å². The van der Waals surface area contributed by atoms with E-state index in [1.165, 1.54) is 0 Å². The summed E-state index contributed by atoms with van der Waals surface area (Å²) in [4.78, 5) is 11.2. The number of carboxylic acids is 1. The summed E-state index contributed by atoms with van der Waals surface area (Å²) in [7, 11) is 0. The second kappa shape index (κ2) is 6.44. The van der Waals surface area contributed by atoms with Crippen LogP contribution in [-0.2, 0) is 13.0 Å². The lowest BCUT2D eigenvalue weighted by atomic mass is 10.1. The molecule has 0 radical (unpaired) electrons. The number of nitriles is 1. The third-order valence-corrected chi connectivity index (χ3v) is 3.00. The molecule has 0 aliphatic rings. The van der Waals surface area contributed by atoms with Crippen molar-refractivity contribution in [2.24, 2.45) is 0 Å². The number of ether oxygens (including phenoxy) is 1. The van der Waals surface area contributed by atoms with Gasteiger partial charge in [-0.1, -0.05) is 24.3 Å². The molecule has 0 spiro atoms. The summed E-state index contributed by atoms with van der Waals surface area (Å²) in [5.74, 6) is -0.466. The number of anilines is 1. The Morgan fingerprint density at radius 1 is 1.24 bits per heavy atom. The summed E-state index contributed by atoms with van der Waals surface area (Å²) in [5.41, 5.74) is 7.38. The summed E-state index contributed by atoms with van der Waals surface area (Å²) in [5, 5.41) is 17.8. The molecule has 21 heavy (non-hydrogen) atoms. The number of rotatable bonds is 5. The molecule has 5 nitrogen and oxygen atoms in total. The Balaban J connectivity index is 2.12. The average molecular weight is 282 g/mol. The Morgan fingerprint density at radius 3 is 2.57 bits per heavy atom. The van der Waals surface area contributed by atoms with Crippen molar-refractivity contribution in [3.8, 4) is 11.8 Å². The molecule has 0 aliphatic heterocycles. The standard InChI is InChI=1S/C16H14N2O3/c17-9-8-11-4-6-13(7-5-11)21-10-12-2-1-3-14(18)15(12)16(19)20/h1-7H,8,10,18H2,(H,19,20). The van der Waals surface area contributed by atoms with Crippen LogP contribution in [0.1, 0.15) is 21.5 Å². The van der Waals surface area contributed by atoms with Gasteiger partial charge in [0.15, 0.2) is 0 Å². The number of benzene rings is 2. The summed E-state index contributed by atoms with van der Waals surface area (Å²) in [6, 6.07) is 14.1. The second-order valence-electron chi connectivity index (χ2n) is 4.45. The predicted octanol–water partition coefficient (Wildman–Crippen LogP) is 2.61. The van der Waals surface area contributed by atoms with Gasteiger partial charge in [0.25, 0.3) is 0 Å². The number of aromatic carboxylic acids is 1. The molecule has 0 heterocycles. The molecule has 0 saturated carbocycles. The van der Waals surface area contributed by atoms with Gasteiger partial charge in [0.1, 0.15) is 12.4 Å². The van der Waals surface area contributed by atoms with Crippen molar-refractivity contribution in [1.29, 1.82) is 5.26 Å². The zero-order chi connectivity index (χ0) is 15.2. The maximum absolute atomic E-state index is 11.2. The topological polar surface area (TPSA) is 96.3 Å². The molecule has 0 fully saturated rings.